The van der Waals surface area contributed by atoms with Crippen molar-refractivity contribution < 1.29 is 19.1 Å². The molecule has 8 heteroatoms. The molecule has 0 bridgehead atoms. The summed E-state index contributed by atoms with van der Waals surface area (Å²) < 4.78 is 5.77. The van der Waals surface area contributed by atoms with Gasteiger partial charge in [-0.05, 0) is 37.1 Å². The number of carboxylic acids is 1. The minimum atomic E-state index is -0.933. The van der Waals surface area contributed by atoms with Crippen LogP contribution in [0.3, 0.4) is 0 Å². The molecule has 0 saturated carbocycles. The average molecular weight is 408 g/mol. The molecule has 0 saturated heterocycles. The summed E-state index contributed by atoms with van der Waals surface area (Å²) in [7, 11) is 0. The van der Waals surface area contributed by atoms with E-state index in [9.17, 15) is 9.59 Å². The molecule has 1 unspecified atom stereocenters. The van der Waals surface area contributed by atoms with Crippen LogP contribution in [0.1, 0.15) is 30.4 Å². The monoisotopic (exact) mass is 408 g/mol. The van der Waals surface area contributed by atoms with Gasteiger partial charge in [0.05, 0.1) is 12.3 Å². The summed E-state index contributed by atoms with van der Waals surface area (Å²) in [6, 6.07) is 14.7. The summed E-state index contributed by atoms with van der Waals surface area (Å²) in [6.07, 6.45) is 0.975. The predicted molar refractivity (Wildman–Crippen MR) is 112 cm³/mol. The van der Waals surface area contributed by atoms with Crippen molar-refractivity contribution in [3.63, 3.8) is 0 Å². The van der Waals surface area contributed by atoms with Gasteiger partial charge < -0.3 is 20.2 Å². The fourth-order valence-electron chi connectivity index (χ4n) is 2.85. The van der Waals surface area contributed by atoms with Gasteiger partial charge in [0.2, 0.25) is 11.8 Å². The highest BCUT2D eigenvalue weighted by Gasteiger charge is 2.16. The van der Waals surface area contributed by atoms with Gasteiger partial charge in [0.25, 0.3) is 0 Å². The number of rotatable bonds is 8. The van der Waals surface area contributed by atoms with Crippen LogP contribution in [-0.4, -0.2) is 33.8 Å². The molecule has 8 nitrogen and oxygen atoms in total. The minimum Gasteiger partial charge on any atom is -0.481 e. The van der Waals surface area contributed by atoms with E-state index < -0.39 is 17.9 Å². The standard InChI is InChI=1S/C22H24N4O4/c1-3-16(21(27)28)13-23-22(29)24-18-6-4-5-17(12-18)20-26-25-19(30-20)11-15-9-7-14(2)8-10-15/h4-10,12,16H,3,11,13H2,1-2H3,(H,27,28)(H2,23,24,29). The Labute approximate surface area is 174 Å². The molecule has 1 atom stereocenters. The first-order valence-electron chi connectivity index (χ1n) is 9.70. The van der Waals surface area contributed by atoms with Gasteiger partial charge in [-0.3, -0.25) is 4.79 Å². The zero-order chi connectivity index (χ0) is 21.5. The van der Waals surface area contributed by atoms with Crippen molar-refractivity contribution in [2.75, 3.05) is 11.9 Å². The van der Waals surface area contributed by atoms with E-state index in [1.165, 1.54) is 5.56 Å². The molecular formula is C22H24N4O4. The lowest BCUT2D eigenvalue weighted by Crippen LogP contribution is -2.35. The molecule has 1 aromatic heterocycles. The zero-order valence-electron chi connectivity index (χ0n) is 16.9. The number of amides is 2. The summed E-state index contributed by atoms with van der Waals surface area (Å²) in [6.45, 7) is 3.85. The van der Waals surface area contributed by atoms with Crippen molar-refractivity contribution >= 4 is 17.7 Å². The van der Waals surface area contributed by atoms with Crippen molar-refractivity contribution in [2.24, 2.45) is 5.92 Å². The molecule has 3 N–H and O–H groups in total. The summed E-state index contributed by atoms with van der Waals surface area (Å²) in [5.41, 5.74) is 3.47. The van der Waals surface area contributed by atoms with Crippen LogP contribution in [-0.2, 0) is 11.2 Å². The maximum atomic E-state index is 12.1. The second-order valence-electron chi connectivity index (χ2n) is 7.02. The Morgan fingerprint density at radius 2 is 1.90 bits per heavy atom. The maximum Gasteiger partial charge on any atom is 0.319 e. The molecule has 0 aliphatic carbocycles. The minimum absolute atomic E-state index is 0.0589. The molecule has 1 heterocycles. The van der Waals surface area contributed by atoms with Crippen LogP contribution in [0.4, 0.5) is 10.5 Å². The second-order valence-corrected chi connectivity index (χ2v) is 7.02. The van der Waals surface area contributed by atoms with Crippen LogP contribution in [0.5, 0.6) is 0 Å². The smallest absolute Gasteiger partial charge is 0.319 e. The SMILES string of the molecule is CCC(CNC(=O)Nc1cccc(-c2nnc(Cc3ccc(C)cc3)o2)c1)C(=O)O. The van der Waals surface area contributed by atoms with Gasteiger partial charge in [-0.2, -0.15) is 0 Å². The van der Waals surface area contributed by atoms with E-state index in [1.807, 2.05) is 37.3 Å². The number of aromatic nitrogens is 2. The van der Waals surface area contributed by atoms with E-state index in [0.29, 0.717) is 35.9 Å². The molecule has 3 aromatic rings. The molecule has 0 spiro atoms. The Morgan fingerprint density at radius 1 is 1.13 bits per heavy atom. The Hall–Kier alpha value is -3.68. The summed E-state index contributed by atoms with van der Waals surface area (Å²) >= 11 is 0. The Bertz CT molecular complexity index is 1010. The fourth-order valence-corrected chi connectivity index (χ4v) is 2.85. The Balaban J connectivity index is 1.62. The van der Waals surface area contributed by atoms with Crippen LogP contribution in [0.15, 0.2) is 52.9 Å². The molecule has 2 amide bonds. The van der Waals surface area contributed by atoms with Crippen molar-refractivity contribution in [2.45, 2.75) is 26.7 Å². The molecule has 0 fully saturated rings. The Morgan fingerprint density at radius 3 is 2.60 bits per heavy atom. The number of nitrogens with zero attached hydrogens (tertiary/aromatic N) is 2. The molecule has 3 rings (SSSR count). The summed E-state index contributed by atoms with van der Waals surface area (Å²) in [4.78, 5) is 23.1. The van der Waals surface area contributed by atoms with Crippen LogP contribution in [0.2, 0.25) is 0 Å². The van der Waals surface area contributed by atoms with E-state index in [4.69, 9.17) is 9.52 Å². The third kappa shape index (κ3) is 5.66. The molecule has 0 radical (unpaired) electrons. The predicted octanol–water partition coefficient (Wildman–Crippen LogP) is 3.87. The van der Waals surface area contributed by atoms with Crippen molar-refractivity contribution in [1.82, 2.24) is 15.5 Å². The van der Waals surface area contributed by atoms with Crippen LogP contribution in [0, 0.1) is 12.8 Å². The number of aliphatic carboxylic acids is 1. The molecule has 30 heavy (non-hydrogen) atoms. The third-order valence-electron chi connectivity index (χ3n) is 4.66. The molecule has 156 valence electrons. The van der Waals surface area contributed by atoms with Crippen LogP contribution >= 0.6 is 0 Å². The highest BCUT2D eigenvalue weighted by atomic mass is 16.4. The van der Waals surface area contributed by atoms with Crippen LogP contribution in [0.25, 0.3) is 11.5 Å². The topological polar surface area (TPSA) is 117 Å². The van der Waals surface area contributed by atoms with E-state index >= 15 is 0 Å². The highest BCUT2D eigenvalue weighted by Crippen LogP contribution is 2.22. The number of hydrogen-bond acceptors (Lipinski definition) is 5. The maximum absolute atomic E-state index is 12.1. The lowest BCUT2D eigenvalue weighted by atomic mass is 10.1. The lowest BCUT2D eigenvalue weighted by molar-refractivity contribution is -0.141. The van der Waals surface area contributed by atoms with E-state index in [-0.39, 0.29) is 6.54 Å². The van der Waals surface area contributed by atoms with Crippen LogP contribution < -0.4 is 10.6 Å². The van der Waals surface area contributed by atoms with E-state index in [1.54, 1.807) is 25.1 Å². The number of hydrogen-bond donors (Lipinski definition) is 3. The van der Waals surface area contributed by atoms with Gasteiger partial charge in [-0.1, -0.05) is 42.8 Å². The van der Waals surface area contributed by atoms with Gasteiger partial charge in [0.1, 0.15) is 0 Å². The molecule has 0 aliphatic heterocycles. The largest absolute Gasteiger partial charge is 0.481 e. The van der Waals surface area contributed by atoms with E-state index in [0.717, 1.165) is 5.56 Å². The lowest BCUT2D eigenvalue weighted by Gasteiger charge is -2.12. The first-order chi connectivity index (χ1) is 14.4. The first-order valence-corrected chi connectivity index (χ1v) is 9.70. The molecule has 2 aromatic carbocycles. The third-order valence-corrected chi connectivity index (χ3v) is 4.66. The van der Waals surface area contributed by atoms with Gasteiger partial charge in [-0.15, -0.1) is 10.2 Å². The summed E-state index contributed by atoms with van der Waals surface area (Å²) in [5.74, 6) is -0.688. The van der Waals surface area contributed by atoms with Gasteiger partial charge in [0, 0.05) is 17.8 Å². The van der Waals surface area contributed by atoms with Crippen molar-refractivity contribution in [3.8, 4) is 11.5 Å². The van der Waals surface area contributed by atoms with E-state index in [2.05, 4.69) is 20.8 Å². The van der Waals surface area contributed by atoms with Crippen molar-refractivity contribution in [1.29, 1.82) is 0 Å². The zero-order valence-corrected chi connectivity index (χ0v) is 16.9. The quantitative estimate of drug-likeness (QED) is 0.521. The number of urea groups is 1. The Kier molecular flexibility index (Phi) is 6.79. The number of carbonyl (C=O) groups is 2. The first kappa shape index (κ1) is 21.0. The van der Waals surface area contributed by atoms with Crippen molar-refractivity contribution in [3.05, 3.63) is 65.5 Å². The van der Waals surface area contributed by atoms with Gasteiger partial charge >= 0.3 is 12.0 Å². The van der Waals surface area contributed by atoms with Gasteiger partial charge in [0.15, 0.2) is 0 Å². The number of nitrogens with one attached hydrogen (secondary N) is 2. The van der Waals surface area contributed by atoms with Gasteiger partial charge in [-0.25, -0.2) is 4.79 Å². The normalized spacial score (nSPS) is 11.7. The highest BCUT2D eigenvalue weighted by molar-refractivity contribution is 5.90. The second kappa shape index (κ2) is 9.69. The molecular weight excluding hydrogens is 384 g/mol. The number of aryl methyl sites for hydroxylation is 1. The average Bonchev–Trinajstić information content (AvgIpc) is 3.19. The number of anilines is 1. The number of benzene rings is 2. The number of carboxylic acid groups (broad SMARTS) is 1. The molecule has 0 aliphatic rings. The fraction of sp³-hybridized carbons (Fsp3) is 0.273. The number of carbonyl (C=O) groups excluding carboxylic acids is 1. The summed E-state index contributed by atoms with van der Waals surface area (Å²) in [5, 5.41) is 22.5.